The van der Waals surface area contributed by atoms with Crippen LogP contribution >= 0.6 is 12.6 Å². The molecule has 0 radical (unpaired) electrons. The summed E-state index contributed by atoms with van der Waals surface area (Å²) in [5.41, 5.74) is 0.194. The van der Waals surface area contributed by atoms with Crippen LogP contribution in [-0.4, -0.2) is 30.6 Å². The van der Waals surface area contributed by atoms with Crippen LogP contribution in [0.3, 0.4) is 0 Å². The highest BCUT2D eigenvalue weighted by molar-refractivity contribution is 7.80. The van der Waals surface area contributed by atoms with Gasteiger partial charge in [-0.2, -0.15) is 13.2 Å². The Hall–Kier alpha value is -1.17. The second-order valence-corrected chi connectivity index (χ2v) is 3.84. The van der Waals surface area contributed by atoms with Crippen LogP contribution in [0.1, 0.15) is 10.4 Å². The molecule has 0 N–H and O–H groups in total. The number of carbonyl (C=O) groups excluding carboxylic acids is 1. The molecule has 1 aromatic rings. The molecular formula is C10H10F3NOS. The number of carbonyl (C=O) groups is 1. The van der Waals surface area contributed by atoms with E-state index in [4.69, 9.17) is 0 Å². The van der Waals surface area contributed by atoms with Crippen LogP contribution in [0.5, 0.6) is 0 Å². The summed E-state index contributed by atoms with van der Waals surface area (Å²) in [6, 6.07) is 6.09. The number of thiol groups is 1. The van der Waals surface area contributed by atoms with Crippen LogP contribution < -0.4 is 0 Å². The molecular weight excluding hydrogens is 239 g/mol. The Morgan fingerprint density at radius 3 is 2.56 bits per heavy atom. The molecule has 1 amide bonds. The zero-order valence-electron chi connectivity index (χ0n) is 8.45. The normalized spacial score (nSPS) is 11.3. The van der Waals surface area contributed by atoms with Crippen LogP contribution in [0.15, 0.2) is 29.2 Å². The molecule has 0 atom stereocenters. The number of amides is 1. The first kappa shape index (κ1) is 12.9. The molecule has 0 aliphatic carbocycles. The van der Waals surface area contributed by atoms with Gasteiger partial charge in [0.1, 0.15) is 6.54 Å². The molecule has 16 heavy (non-hydrogen) atoms. The third kappa shape index (κ3) is 3.77. The summed E-state index contributed by atoms with van der Waals surface area (Å²) in [4.78, 5) is 12.7. The highest BCUT2D eigenvalue weighted by Crippen LogP contribution is 2.17. The summed E-state index contributed by atoms with van der Waals surface area (Å²) in [7, 11) is 1.11. The van der Waals surface area contributed by atoms with E-state index in [1.807, 2.05) is 0 Å². The zero-order valence-corrected chi connectivity index (χ0v) is 9.35. The van der Waals surface area contributed by atoms with E-state index in [1.165, 1.54) is 12.1 Å². The number of halogens is 3. The number of hydrogen-bond donors (Lipinski definition) is 1. The average molecular weight is 249 g/mol. The molecule has 88 valence electrons. The topological polar surface area (TPSA) is 20.3 Å². The van der Waals surface area contributed by atoms with Crippen LogP contribution in [0.25, 0.3) is 0 Å². The number of benzene rings is 1. The lowest BCUT2D eigenvalue weighted by molar-refractivity contribution is -0.138. The fourth-order valence-corrected chi connectivity index (χ4v) is 1.43. The lowest BCUT2D eigenvalue weighted by Crippen LogP contribution is -2.35. The maximum absolute atomic E-state index is 12.1. The van der Waals surface area contributed by atoms with Gasteiger partial charge in [0.25, 0.3) is 5.91 Å². The minimum Gasteiger partial charge on any atom is -0.333 e. The van der Waals surface area contributed by atoms with E-state index < -0.39 is 18.6 Å². The average Bonchev–Trinajstić information content (AvgIpc) is 2.14. The fraction of sp³-hybridized carbons (Fsp3) is 0.300. The molecule has 0 saturated carbocycles. The summed E-state index contributed by atoms with van der Waals surface area (Å²) in [6.07, 6.45) is -4.39. The van der Waals surface area contributed by atoms with E-state index in [0.717, 1.165) is 7.05 Å². The molecule has 1 aromatic carbocycles. The molecule has 0 aliphatic rings. The summed E-state index contributed by atoms with van der Waals surface area (Å²) in [5.74, 6) is -0.673. The number of rotatable bonds is 2. The second-order valence-electron chi connectivity index (χ2n) is 3.33. The maximum Gasteiger partial charge on any atom is 0.406 e. The highest BCUT2D eigenvalue weighted by atomic mass is 32.1. The molecule has 6 heteroatoms. The minimum absolute atomic E-state index is 0.194. The van der Waals surface area contributed by atoms with Gasteiger partial charge in [-0.05, 0) is 18.2 Å². The Morgan fingerprint density at radius 1 is 1.44 bits per heavy atom. The lowest BCUT2D eigenvalue weighted by Gasteiger charge is -2.18. The number of alkyl halides is 3. The monoisotopic (exact) mass is 249 g/mol. The fourth-order valence-electron chi connectivity index (χ4n) is 1.20. The summed E-state index contributed by atoms with van der Waals surface area (Å²) in [5, 5.41) is 0. The van der Waals surface area contributed by atoms with Gasteiger partial charge < -0.3 is 4.90 Å². The van der Waals surface area contributed by atoms with Crippen LogP contribution in [0.2, 0.25) is 0 Å². The Labute approximate surface area is 96.5 Å². The Bertz CT molecular complexity index is 392. The van der Waals surface area contributed by atoms with Crippen LogP contribution in [0, 0.1) is 0 Å². The van der Waals surface area contributed by atoms with E-state index in [0.29, 0.717) is 9.80 Å². The van der Waals surface area contributed by atoms with E-state index in [-0.39, 0.29) is 5.56 Å². The van der Waals surface area contributed by atoms with Crippen LogP contribution in [0.4, 0.5) is 13.2 Å². The molecule has 2 nitrogen and oxygen atoms in total. The summed E-state index contributed by atoms with van der Waals surface area (Å²) in [6.45, 7) is -1.26. The Morgan fingerprint density at radius 2 is 2.06 bits per heavy atom. The smallest absolute Gasteiger partial charge is 0.333 e. The first-order valence-electron chi connectivity index (χ1n) is 4.41. The van der Waals surface area contributed by atoms with Gasteiger partial charge in [-0.1, -0.05) is 6.07 Å². The van der Waals surface area contributed by atoms with E-state index in [2.05, 4.69) is 12.6 Å². The quantitative estimate of drug-likeness (QED) is 0.799. The molecule has 0 spiro atoms. The van der Waals surface area contributed by atoms with Gasteiger partial charge in [0.05, 0.1) is 0 Å². The van der Waals surface area contributed by atoms with Crippen molar-refractivity contribution in [3.8, 4) is 0 Å². The molecule has 0 unspecified atom stereocenters. The van der Waals surface area contributed by atoms with E-state index >= 15 is 0 Å². The van der Waals surface area contributed by atoms with E-state index in [1.54, 1.807) is 12.1 Å². The summed E-state index contributed by atoms with van der Waals surface area (Å²) < 4.78 is 36.2. The van der Waals surface area contributed by atoms with Gasteiger partial charge >= 0.3 is 6.18 Å². The van der Waals surface area contributed by atoms with Crippen molar-refractivity contribution in [1.29, 1.82) is 0 Å². The second kappa shape index (κ2) is 4.78. The standard InChI is InChI=1S/C10H10F3NOS/c1-14(6-10(11,12)13)9(15)7-3-2-4-8(16)5-7/h2-5,16H,6H2,1H3. The van der Waals surface area contributed by atoms with Crippen molar-refractivity contribution in [3.05, 3.63) is 29.8 Å². The third-order valence-corrected chi connectivity index (χ3v) is 2.13. The van der Waals surface area contributed by atoms with Gasteiger partial charge in [0.15, 0.2) is 0 Å². The molecule has 1 rings (SSSR count). The largest absolute Gasteiger partial charge is 0.406 e. The Kier molecular flexibility index (Phi) is 3.85. The molecule has 0 aliphatic heterocycles. The van der Waals surface area contributed by atoms with Crippen molar-refractivity contribution in [3.63, 3.8) is 0 Å². The van der Waals surface area contributed by atoms with Crippen molar-refractivity contribution in [2.75, 3.05) is 13.6 Å². The molecule has 0 aromatic heterocycles. The summed E-state index contributed by atoms with van der Waals surface area (Å²) >= 11 is 4.01. The lowest BCUT2D eigenvalue weighted by atomic mass is 10.2. The molecule has 0 heterocycles. The van der Waals surface area contributed by atoms with Gasteiger partial charge in [-0.15, -0.1) is 12.6 Å². The predicted octanol–water partition coefficient (Wildman–Crippen LogP) is 2.61. The first-order chi connectivity index (χ1) is 7.29. The van der Waals surface area contributed by atoms with Crippen molar-refractivity contribution in [2.45, 2.75) is 11.1 Å². The maximum atomic E-state index is 12.1. The van der Waals surface area contributed by atoms with E-state index in [9.17, 15) is 18.0 Å². The van der Waals surface area contributed by atoms with Gasteiger partial charge in [0.2, 0.25) is 0 Å². The highest BCUT2D eigenvalue weighted by Gasteiger charge is 2.31. The van der Waals surface area contributed by atoms with Crippen molar-refractivity contribution in [2.24, 2.45) is 0 Å². The molecule has 0 bridgehead atoms. The van der Waals surface area contributed by atoms with Gasteiger partial charge in [-0.25, -0.2) is 0 Å². The van der Waals surface area contributed by atoms with Crippen molar-refractivity contribution in [1.82, 2.24) is 4.90 Å². The molecule has 0 fully saturated rings. The predicted molar refractivity (Wildman–Crippen MR) is 56.7 cm³/mol. The van der Waals surface area contributed by atoms with Crippen LogP contribution in [-0.2, 0) is 0 Å². The van der Waals surface area contributed by atoms with Crippen molar-refractivity contribution >= 4 is 18.5 Å². The number of hydrogen-bond acceptors (Lipinski definition) is 2. The van der Waals surface area contributed by atoms with Gasteiger partial charge in [0, 0.05) is 17.5 Å². The van der Waals surface area contributed by atoms with Gasteiger partial charge in [-0.3, -0.25) is 4.79 Å². The third-order valence-electron chi connectivity index (χ3n) is 1.86. The first-order valence-corrected chi connectivity index (χ1v) is 4.85. The SMILES string of the molecule is CN(CC(F)(F)F)C(=O)c1cccc(S)c1. The number of nitrogens with zero attached hydrogens (tertiary/aromatic N) is 1. The minimum atomic E-state index is -4.39. The molecule has 0 saturated heterocycles. The Balaban J connectivity index is 2.78. The zero-order chi connectivity index (χ0) is 12.3. The van der Waals surface area contributed by atoms with Crippen molar-refractivity contribution < 1.29 is 18.0 Å².